The average Bonchev–Trinajstić information content (AvgIpc) is 3.55. The van der Waals surface area contributed by atoms with Crippen LogP contribution >= 0.6 is 0 Å². The summed E-state index contributed by atoms with van der Waals surface area (Å²) in [5, 5.41) is 9.59. The lowest BCUT2D eigenvalue weighted by Gasteiger charge is -2.43. The molecule has 2 aliphatic rings. The highest BCUT2D eigenvalue weighted by Crippen LogP contribution is 2.42. The van der Waals surface area contributed by atoms with Crippen molar-refractivity contribution in [3.63, 3.8) is 0 Å². The van der Waals surface area contributed by atoms with Crippen molar-refractivity contribution in [2.24, 2.45) is 5.92 Å². The van der Waals surface area contributed by atoms with Gasteiger partial charge in [-0.05, 0) is 59.3 Å². The van der Waals surface area contributed by atoms with Crippen LogP contribution in [0.5, 0.6) is 0 Å². The fraction of sp³-hybridized carbons (Fsp3) is 0.368. The first-order chi connectivity index (χ1) is 22.9. The summed E-state index contributed by atoms with van der Waals surface area (Å²) in [5.41, 5.74) is 5.64. The van der Waals surface area contributed by atoms with E-state index >= 15 is 0 Å². The van der Waals surface area contributed by atoms with Crippen molar-refractivity contribution in [3.05, 3.63) is 125 Å². The van der Waals surface area contributed by atoms with Crippen LogP contribution in [0.3, 0.4) is 0 Å². The Bertz CT molecular complexity index is 1700. The number of sulfonamides is 1. The molecule has 2 heterocycles. The van der Waals surface area contributed by atoms with Gasteiger partial charge in [-0.1, -0.05) is 97.9 Å². The molecule has 0 bridgehead atoms. The Kier molecular flexibility index (Phi) is 10.8. The standard InChI is InChI=1S/C38H44N2O6S/c1-27-36(24-40-22-8-10-33(40)26-44-2)45-38(46-37(27)30-16-14-28(25-41)15-17-30)31-20-18-29(19-21-31)35-13-7-6-9-32(35)23-39-47(42,43)34-11-4-3-5-12-34/h3-7,9,11-21,27,33,36-39,41H,8,10,22-26H2,1-2H3/t27-,33-,36+,37+,38+/m0/s1. The van der Waals surface area contributed by atoms with Crippen LogP contribution in [0.4, 0.5) is 0 Å². The van der Waals surface area contributed by atoms with Crippen LogP contribution in [-0.4, -0.2) is 57.4 Å². The lowest BCUT2D eigenvalue weighted by atomic mass is 9.89. The van der Waals surface area contributed by atoms with Gasteiger partial charge >= 0.3 is 0 Å². The van der Waals surface area contributed by atoms with Crippen LogP contribution in [0.25, 0.3) is 11.1 Å². The van der Waals surface area contributed by atoms with Crippen LogP contribution in [0.15, 0.2) is 108 Å². The van der Waals surface area contributed by atoms with Gasteiger partial charge in [0.15, 0.2) is 6.29 Å². The quantitative estimate of drug-likeness (QED) is 0.187. The van der Waals surface area contributed by atoms with Gasteiger partial charge in [0.25, 0.3) is 0 Å². The largest absolute Gasteiger partial charge is 0.392 e. The highest BCUT2D eigenvalue weighted by atomic mass is 32.2. The van der Waals surface area contributed by atoms with E-state index in [2.05, 4.69) is 16.5 Å². The second kappa shape index (κ2) is 15.2. The smallest absolute Gasteiger partial charge is 0.240 e. The van der Waals surface area contributed by atoms with Crippen molar-refractivity contribution in [3.8, 4) is 11.1 Å². The summed E-state index contributed by atoms with van der Waals surface area (Å²) >= 11 is 0. The third kappa shape index (κ3) is 7.84. The van der Waals surface area contributed by atoms with Crippen molar-refractivity contribution in [2.45, 2.75) is 62.4 Å². The summed E-state index contributed by atoms with van der Waals surface area (Å²) in [6.45, 7) is 4.89. The summed E-state index contributed by atoms with van der Waals surface area (Å²) in [6.07, 6.45) is 1.46. The number of methoxy groups -OCH3 is 1. The van der Waals surface area contributed by atoms with Crippen LogP contribution in [0.1, 0.15) is 54.4 Å². The van der Waals surface area contributed by atoms with Crippen LogP contribution in [-0.2, 0) is 37.4 Å². The number of aliphatic hydroxyl groups is 1. The van der Waals surface area contributed by atoms with Gasteiger partial charge in [-0.3, -0.25) is 4.90 Å². The number of benzene rings is 4. The summed E-state index contributed by atoms with van der Waals surface area (Å²) in [7, 11) is -1.88. The maximum Gasteiger partial charge on any atom is 0.240 e. The lowest BCUT2D eigenvalue weighted by Crippen LogP contribution is -2.46. The minimum atomic E-state index is -3.64. The number of nitrogens with zero attached hydrogens (tertiary/aromatic N) is 1. The first-order valence-corrected chi connectivity index (χ1v) is 17.8. The Morgan fingerprint density at radius 3 is 2.32 bits per heavy atom. The molecule has 0 saturated carbocycles. The molecule has 47 heavy (non-hydrogen) atoms. The van der Waals surface area contributed by atoms with Gasteiger partial charge in [0, 0.05) is 37.7 Å². The molecule has 0 unspecified atom stereocenters. The summed E-state index contributed by atoms with van der Waals surface area (Å²) in [5.74, 6) is 0.0980. The maximum atomic E-state index is 12.9. The van der Waals surface area contributed by atoms with E-state index in [1.54, 1.807) is 37.4 Å². The van der Waals surface area contributed by atoms with Gasteiger partial charge < -0.3 is 19.3 Å². The van der Waals surface area contributed by atoms with Gasteiger partial charge in [-0.15, -0.1) is 0 Å². The third-order valence-corrected chi connectivity index (χ3v) is 10.8. The van der Waals surface area contributed by atoms with Crippen molar-refractivity contribution in [1.29, 1.82) is 0 Å². The zero-order valence-corrected chi connectivity index (χ0v) is 27.8. The molecule has 2 fully saturated rings. The molecule has 4 aromatic carbocycles. The summed E-state index contributed by atoms with van der Waals surface area (Å²) < 4.78 is 47.5. The molecule has 248 valence electrons. The molecule has 8 nitrogen and oxygen atoms in total. The van der Waals surface area contributed by atoms with Crippen molar-refractivity contribution in [2.75, 3.05) is 26.8 Å². The Labute approximate surface area is 278 Å². The molecule has 2 aliphatic heterocycles. The van der Waals surface area contributed by atoms with Crippen LogP contribution in [0.2, 0.25) is 0 Å². The number of hydrogen-bond donors (Lipinski definition) is 2. The van der Waals surface area contributed by atoms with Crippen molar-refractivity contribution in [1.82, 2.24) is 9.62 Å². The topological polar surface area (TPSA) is 97.3 Å². The van der Waals surface area contributed by atoms with Gasteiger partial charge in [0.2, 0.25) is 10.0 Å². The molecule has 2 N–H and O–H groups in total. The molecule has 4 aromatic rings. The van der Waals surface area contributed by atoms with E-state index < -0.39 is 16.3 Å². The lowest BCUT2D eigenvalue weighted by molar-refractivity contribution is -0.276. The number of nitrogens with one attached hydrogen (secondary N) is 1. The first-order valence-electron chi connectivity index (χ1n) is 16.3. The molecule has 5 atom stereocenters. The predicted octanol–water partition coefficient (Wildman–Crippen LogP) is 6.23. The van der Waals surface area contributed by atoms with Crippen LogP contribution < -0.4 is 4.72 Å². The number of hydrogen-bond acceptors (Lipinski definition) is 7. The molecule has 6 rings (SSSR count). The number of rotatable bonds is 12. The molecule has 9 heteroatoms. The fourth-order valence-corrected chi connectivity index (χ4v) is 7.74. The average molecular weight is 657 g/mol. The van der Waals surface area contributed by atoms with E-state index in [9.17, 15) is 13.5 Å². The summed E-state index contributed by atoms with van der Waals surface area (Å²) in [6, 6.07) is 32.8. The Morgan fingerprint density at radius 2 is 1.60 bits per heavy atom. The maximum absolute atomic E-state index is 12.9. The normalized spacial score (nSPS) is 23.6. The number of aliphatic hydroxyl groups excluding tert-OH is 1. The minimum Gasteiger partial charge on any atom is -0.392 e. The van der Waals surface area contributed by atoms with Gasteiger partial charge in [0.05, 0.1) is 30.3 Å². The number of likely N-dealkylation sites (tertiary alicyclic amines) is 1. The molecular formula is C38H44N2O6S. The zero-order valence-electron chi connectivity index (χ0n) is 27.0. The van der Waals surface area contributed by atoms with E-state index in [1.807, 2.05) is 72.8 Å². The molecule has 0 radical (unpaired) electrons. The second-order valence-corrected chi connectivity index (χ2v) is 14.3. The molecule has 0 spiro atoms. The van der Waals surface area contributed by atoms with E-state index in [-0.39, 0.29) is 36.2 Å². The summed E-state index contributed by atoms with van der Waals surface area (Å²) in [4.78, 5) is 2.73. The van der Waals surface area contributed by atoms with E-state index in [4.69, 9.17) is 14.2 Å². The predicted molar refractivity (Wildman–Crippen MR) is 182 cm³/mol. The Hall–Kier alpha value is -3.41. The molecule has 2 saturated heterocycles. The highest BCUT2D eigenvalue weighted by molar-refractivity contribution is 7.89. The molecule has 0 aromatic heterocycles. The van der Waals surface area contributed by atoms with Crippen LogP contribution in [0, 0.1) is 5.92 Å². The minimum absolute atomic E-state index is 0.0000545. The third-order valence-electron chi connectivity index (χ3n) is 9.41. The Balaban J connectivity index is 1.23. The molecular weight excluding hydrogens is 612 g/mol. The van der Waals surface area contributed by atoms with Gasteiger partial charge in [0.1, 0.15) is 0 Å². The first kappa shape index (κ1) is 33.5. The monoisotopic (exact) mass is 656 g/mol. The SMILES string of the molecule is COC[C@@H]1CCCN1C[C@H]1O[C@@H](c2ccc(-c3ccccc3CNS(=O)(=O)c3ccccc3)cc2)O[C@@H](c2ccc(CO)cc2)[C@H]1C. The second-order valence-electron chi connectivity index (χ2n) is 12.5. The van der Waals surface area contributed by atoms with Gasteiger partial charge in [-0.2, -0.15) is 0 Å². The van der Waals surface area contributed by atoms with E-state index in [1.165, 1.54) is 0 Å². The van der Waals surface area contributed by atoms with Gasteiger partial charge in [-0.25, -0.2) is 13.1 Å². The number of ether oxygens (including phenoxy) is 3. The molecule has 0 amide bonds. The Morgan fingerprint density at radius 1 is 0.894 bits per heavy atom. The van der Waals surface area contributed by atoms with E-state index in [0.29, 0.717) is 12.6 Å². The fourth-order valence-electron chi connectivity index (χ4n) is 6.71. The molecule has 0 aliphatic carbocycles. The van der Waals surface area contributed by atoms with Crippen molar-refractivity contribution >= 4 is 10.0 Å². The van der Waals surface area contributed by atoms with E-state index in [0.717, 1.165) is 59.3 Å². The highest BCUT2D eigenvalue weighted by Gasteiger charge is 2.40. The zero-order chi connectivity index (χ0) is 32.8. The van der Waals surface area contributed by atoms with Crippen molar-refractivity contribution < 1.29 is 27.7 Å².